The number of carbonyl (C=O) groups is 1. The number of aromatic nitrogens is 3. The quantitative estimate of drug-likeness (QED) is 0.835. The molecule has 1 atom stereocenters. The van der Waals surface area contributed by atoms with E-state index in [0.717, 1.165) is 36.8 Å². The summed E-state index contributed by atoms with van der Waals surface area (Å²) >= 11 is 0. The van der Waals surface area contributed by atoms with Gasteiger partial charge < -0.3 is 5.32 Å². The second kappa shape index (κ2) is 7.66. The van der Waals surface area contributed by atoms with Crippen LogP contribution in [0, 0.1) is 18.8 Å². The summed E-state index contributed by atoms with van der Waals surface area (Å²) in [6.45, 7) is 11.5. The SMILES string of the molecule is Cc1c(C(=O)N[C@@H](C)C(C)C)nnn1-c1cccc2c1CCN(CC1CC1)C2. The summed E-state index contributed by atoms with van der Waals surface area (Å²) in [4.78, 5) is 15.2. The molecule has 6 nitrogen and oxygen atoms in total. The second-order valence-corrected chi connectivity index (χ2v) is 8.78. The maximum Gasteiger partial charge on any atom is 0.273 e. The third-order valence-corrected chi connectivity index (χ3v) is 6.23. The molecule has 1 saturated carbocycles. The summed E-state index contributed by atoms with van der Waals surface area (Å²) in [5.74, 6) is 1.14. The minimum Gasteiger partial charge on any atom is -0.348 e. The molecule has 1 aromatic carbocycles. The lowest BCUT2D eigenvalue weighted by Crippen LogP contribution is -2.36. The predicted molar refractivity (Wildman–Crippen MR) is 110 cm³/mol. The Bertz CT molecular complexity index is 868. The number of nitrogens with zero attached hydrogens (tertiary/aromatic N) is 4. The van der Waals surface area contributed by atoms with Crippen LogP contribution in [-0.2, 0) is 13.0 Å². The molecule has 150 valence electrons. The van der Waals surface area contributed by atoms with Gasteiger partial charge in [0.1, 0.15) is 0 Å². The molecule has 2 heterocycles. The average Bonchev–Trinajstić information content (AvgIpc) is 3.40. The number of amides is 1. The van der Waals surface area contributed by atoms with E-state index >= 15 is 0 Å². The fourth-order valence-corrected chi connectivity index (χ4v) is 3.88. The first-order valence-electron chi connectivity index (χ1n) is 10.5. The Balaban J connectivity index is 1.57. The molecule has 0 unspecified atom stereocenters. The van der Waals surface area contributed by atoms with Crippen molar-refractivity contribution in [3.8, 4) is 5.69 Å². The average molecular weight is 382 g/mol. The molecule has 1 aromatic heterocycles. The van der Waals surface area contributed by atoms with E-state index in [1.165, 1.54) is 30.5 Å². The van der Waals surface area contributed by atoms with E-state index in [2.05, 4.69) is 52.6 Å². The minimum absolute atomic E-state index is 0.0963. The highest BCUT2D eigenvalue weighted by Gasteiger charge is 2.28. The van der Waals surface area contributed by atoms with Crippen molar-refractivity contribution in [1.82, 2.24) is 25.2 Å². The van der Waals surface area contributed by atoms with Crippen LogP contribution < -0.4 is 5.32 Å². The van der Waals surface area contributed by atoms with Crippen LogP contribution in [0.4, 0.5) is 0 Å². The zero-order valence-electron chi connectivity index (χ0n) is 17.4. The summed E-state index contributed by atoms with van der Waals surface area (Å²) in [7, 11) is 0. The number of hydrogen-bond donors (Lipinski definition) is 1. The van der Waals surface area contributed by atoms with Crippen LogP contribution in [0.1, 0.15) is 60.9 Å². The molecule has 2 aromatic rings. The summed E-state index contributed by atoms with van der Waals surface area (Å²) in [5, 5.41) is 11.6. The number of hydrogen-bond acceptors (Lipinski definition) is 4. The van der Waals surface area contributed by atoms with Gasteiger partial charge >= 0.3 is 0 Å². The van der Waals surface area contributed by atoms with E-state index in [1.807, 2.05) is 18.5 Å². The van der Waals surface area contributed by atoms with Gasteiger partial charge in [0.25, 0.3) is 5.91 Å². The number of benzene rings is 1. The molecule has 28 heavy (non-hydrogen) atoms. The van der Waals surface area contributed by atoms with Crippen molar-refractivity contribution < 1.29 is 4.79 Å². The zero-order chi connectivity index (χ0) is 19.8. The van der Waals surface area contributed by atoms with Crippen molar-refractivity contribution in [3.63, 3.8) is 0 Å². The van der Waals surface area contributed by atoms with E-state index in [0.29, 0.717) is 11.6 Å². The van der Waals surface area contributed by atoms with Crippen molar-refractivity contribution >= 4 is 5.91 Å². The second-order valence-electron chi connectivity index (χ2n) is 8.78. The maximum absolute atomic E-state index is 12.6. The Hall–Kier alpha value is -2.21. The topological polar surface area (TPSA) is 63.1 Å². The Morgan fingerprint density at radius 3 is 2.79 bits per heavy atom. The van der Waals surface area contributed by atoms with E-state index in [9.17, 15) is 4.79 Å². The number of fused-ring (bicyclic) bond motifs is 1. The van der Waals surface area contributed by atoms with Gasteiger partial charge in [-0.3, -0.25) is 9.69 Å². The molecular formula is C22H31N5O. The van der Waals surface area contributed by atoms with Crippen LogP contribution in [-0.4, -0.2) is 44.9 Å². The van der Waals surface area contributed by atoms with Gasteiger partial charge in [-0.15, -0.1) is 5.10 Å². The van der Waals surface area contributed by atoms with Crippen LogP contribution in [0.15, 0.2) is 18.2 Å². The Morgan fingerprint density at radius 1 is 1.29 bits per heavy atom. The summed E-state index contributed by atoms with van der Waals surface area (Å²) in [6.07, 6.45) is 3.80. The molecule has 1 amide bonds. The van der Waals surface area contributed by atoms with E-state index in [4.69, 9.17) is 0 Å². The van der Waals surface area contributed by atoms with E-state index < -0.39 is 0 Å². The Morgan fingerprint density at radius 2 is 2.07 bits per heavy atom. The monoisotopic (exact) mass is 381 g/mol. The van der Waals surface area contributed by atoms with Gasteiger partial charge in [-0.25, -0.2) is 4.68 Å². The standard InChI is InChI=1S/C22H31N5O/c1-14(2)15(3)23-22(28)21-16(4)27(25-24-21)20-7-5-6-18-13-26(11-10-19(18)20)12-17-8-9-17/h5-7,14-15,17H,8-13H2,1-4H3,(H,23,28)/t15-/m0/s1. The molecule has 2 aliphatic rings. The molecule has 0 saturated heterocycles. The molecule has 4 rings (SSSR count). The van der Waals surface area contributed by atoms with E-state index in [-0.39, 0.29) is 11.9 Å². The molecule has 1 aliphatic carbocycles. The highest BCUT2D eigenvalue weighted by atomic mass is 16.2. The fraction of sp³-hybridized carbons (Fsp3) is 0.591. The first-order chi connectivity index (χ1) is 13.4. The highest BCUT2D eigenvalue weighted by Crippen LogP contribution is 2.32. The predicted octanol–water partition coefficient (Wildman–Crippen LogP) is 3.12. The third kappa shape index (κ3) is 3.83. The van der Waals surface area contributed by atoms with Crippen molar-refractivity contribution in [2.24, 2.45) is 11.8 Å². The van der Waals surface area contributed by atoms with Crippen molar-refractivity contribution in [1.29, 1.82) is 0 Å². The molecule has 1 N–H and O–H groups in total. The lowest BCUT2D eigenvalue weighted by Gasteiger charge is -2.30. The smallest absolute Gasteiger partial charge is 0.273 e. The van der Waals surface area contributed by atoms with Gasteiger partial charge in [-0.2, -0.15) is 0 Å². The fourth-order valence-electron chi connectivity index (χ4n) is 3.88. The molecular weight excluding hydrogens is 350 g/mol. The van der Waals surface area contributed by atoms with Crippen molar-refractivity contribution in [2.75, 3.05) is 13.1 Å². The molecule has 0 bridgehead atoms. The van der Waals surface area contributed by atoms with Gasteiger partial charge in [-0.05, 0) is 62.1 Å². The van der Waals surface area contributed by atoms with Crippen LogP contribution in [0.5, 0.6) is 0 Å². The summed E-state index contributed by atoms with van der Waals surface area (Å²) < 4.78 is 1.84. The van der Waals surface area contributed by atoms with Gasteiger partial charge in [-0.1, -0.05) is 31.2 Å². The van der Waals surface area contributed by atoms with Gasteiger partial charge in [0.15, 0.2) is 5.69 Å². The molecule has 1 fully saturated rings. The lowest BCUT2D eigenvalue weighted by atomic mass is 9.97. The van der Waals surface area contributed by atoms with Crippen LogP contribution in [0.25, 0.3) is 5.69 Å². The van der Waals surface area contributed by atoms with Crippen LogP contribution in [0.3, 0.4) is 0 Å². The Kier molecular flexibility index (Phi) is 5.23. The largest absolute Gasteiger partial charge is 0.348 e. The first-order valence-corrected chi connectivity index (χ1v) is 10.5. The number of rotatable bonds is 6. The van der Waals surface area contributed by atoms with Gasteiger partial charge in [0.2, 0.25) is 0 Å². The molecule has 0 spiro atoms. The number of nitrogens with one attached hydrogen (secondary N) is 1. The number of carbonyl (C=O) groups excluding carboxylic acids is 1. The molecule has 1 aliphatic heterocycles. The summed E-state index contributed by atoms with van der Waals surface area (Å²) in [6, 6.07) is 6.51. The third-order valence-electron chi connectivity index (χ3n) is 6.23. The van der Waals surface area contributed by atoms with Crippen molar-refractivity contribution in [2.45, 2.75) is 59.5 Å². The Labute approximate surface area is 167 Å². The van der Waals surface area contributed by atoms with E-state index in [1.54, 1.807) is 0 Å². The minimum atomic E-state index is -0.148. The maximum atomic E-state index is 12.6. The molecule has 0 radical (unpaired) electrons. The van der Waals surface area contributed by atoms with Crippen molar-refractivity contribution in [3.05, 3.63) is 40.7 Å². The molecule has 6 heteroatoms. The normalized spacial score (nSPS) is 18.2. The first kappa shape index (κ1) is 19.1. The van der Waals surface area contributed by atoms with Crippen LogP contribution in [0.2, 0.25) is 0 Å². The zero-order valence-corrected chi connectivity index (χ0v) is 17.4. The summed E-state index contributed by atoms with van der Waals surface area (Å²) in [5.41, 5.74) is 4.98. The lowest BCUT2D eigenvalue weighted by molar-refractivity contribution is 0.0924. The van der Waals surface area contributed by atoms with Gasteiger partial charge in [0.05, 0.1) is 11.4 Å². The van der Waals surface area contributed by atoms with Gasteiger partial charge in [0, 0.05) is 25.7 Å². The van der Waals surface area contributed by atoms with Crippen LogP contribution >= 0.6 is 0 Å². The highest BCUT2D eigenvalue weighted by molar-refractivity contribution is 5.93.